The lowest BCUT2D eigenvalue weighted by Crippen LogP contribution is -2.36. The van der Waals surface area contributed by atoms with Gasteiger partial charge in [-0.1, -0.05) is 0 Å². The molecular formula is C11H13NO3. The van der Waals surface area contributed by atoms with Crippen LogP contribution in [0.25, 0.3) is 0 Å². The van der Waals surface area contributed by atoms with Crippen LogP contribution in [-0.2, 0) is 11.2 Å². The third-order valence-electron chi connectivity index (χ3n) is 2.34. The normalized spacial score (nSPS) is 17.9. The summed E-state index contributed by atoms with van der Waals surface area (Å²) in [7, 11) is 1.56. The highest BCUT2D eigenvalue weighted by atomic mass is 16.6. The Morgan fingerprint density at radius 3 is 2.87 bits per heavy atom. The van der Waals surface area contributed by atoms with Crippen molar-refractivity contribution in [2.24, 2.45) is 0 Å². The van der Waals surface area contributed by atoms with Gasteiger partial charge in [-0.15, -0.1) is 0 Å². The highest BCUT2D eigenvalue weighted by Crippen LogP contribution is 2.27. The van der Waals surface area contributed by atoms with Gasteiger partial charge in [0.05, 0.1) is 18.4 Å². The fourth-order valence-corrected chi connectivity index (χ4v) is 1.66. The van der Waals surface area contributed by atoms with E-state index in [9.17, 15) is 4.79 Å². The molecule has 15 heavy (non-hydrogen) atoms. The predicted octanol–water partition coefficient (Wildman–Crippen LogP) is 1.58. The van der Waals surface area contributed by atoms with E-state index in [1.54, 1.807) is 19.2 Å². The summed E-state index contributed by atoms with van der Waals surface area (Å²) >= 11 is 0. The number of hydrogen-bond acceptors (Lipinski definition) is 4. The van der Waals surface area contributed by atoms with Gasteiger partial charge in [0.15, 0.2) is 0 Å². The summed E-state index contributed by atoms with van der Waals surface area (Å²) in [6, 6.07) is 3.36. The highest BCUT2D eigenvalue weighted by Gasteiger charge is 2.33. The first-order chi connectivity index (χ1) is 7.02. The van der Waals surface area contributed by atoms with E-state index in [1.807, 2.05) is 13.8 Å². The van der Waals surface area contributed by atoms with Gasteiger partial charge in [-0.3, -0.25) is 0 Å². The number of methoxy groups -OCH3 is 1. The third-order valence-corrected chi connectivity index (χ3v) is 2.34. The number of esters is 1. The SMILES string of the molecule is COc1ccc2c(n1)CC(C)(C)OC2=O. The Morgan fingerprint density at radius 2 is 2.20 bits per heavy atom. The van der Waals surface area contributed by atoms with Crippen molar-refractivity contribution >= 4 is 5.97 Å². The van der Waals surface area contributed by atoms with Gasteiger partial charge < -0.3 is 9.47 Å². The van der Waals surface area contributed by atoms with E-state index in [2.05, 4.69) is 4.98 Å². The summed E-state index contributed by atoms with van der Waals surface area (Å²) in [6.07, 6.45) is 0.616. The first-order valence-corrected chi connectivity index (χ1v) is 4.79. The molecule has 1 aromatic rings. The Hall–Kier alpha value is -1.58. The van der Waals surface area contributed by atoms with Crippen molar-refractivity contribution in [1.82, 2.24) is 4.98 Å². The molecule has 0 spiro atoms. The summed E-state index contributed by atoms with van der Waals surface area (Å²) in [5.41, 5.74) is 0.800. The van der Waals surface area contributed by atoms with E-state index in [1.165, 1.54) is 0 Å². The topological polar surface area (TPSA) is 48.4 Å². The standard InChI is InChI=1S/C11H13NO3/c1-11(2)6-8-7(10(13)15-11)4-5-9(12-8)14-3/h4-5H,6H2,1-3H3. The molecule has 1 aliphatic rings. The molecular weight excluding hydrogens is 194 g/mol. The van der Waals surface area contributed by atoms with Crippen LogP contribution < -0.4 is 4.74 Å². The summed E-state index contributed by atoms with van der Waals surface area (Å²) in [5.74, 6) is 0.218. The van der Waals surface area contributed by atoms with Gasteiger partial charge >= 0.3 is 5.97 Å². The van der Waals surface area contributed by atoms with Crippen LogP contribution in [0.1, 0.15) is 29.9 Å². The third kappa shape index (κ3) is 1.79. The van der Waals surface area contributed by atoms with Crippen LogP contribution in [0.15, 0.2) is 12.1 Å². The molecule has 0 saturated carbocycles. The zero-order valence-electron chi connectivity index (χ0n) is 9.03. The van der Waals surface area contributed by atoms with Crippen molar-refractivity contribution in [3.63, 3.8) is 0 Å². The molecule has 0 bridgehead atoms. The molecule has 1 aromatic heterocycles. The number of nitrogens with zero attached hydrogens (tertiary/aromatic N) is 1. The van der Waals surface area contributed by atoms with E-state index < -0.39 is 5.60 Å². The van der Waals surface area contributed by atoms with Crippen molar-refractivity contribution < 1.29 is 14.3 Å². The quantitative estimate of drug-likeness (QED) is 0.656. The smallest absolute Gasteiger partial charge is 0.340 e. The Labute approximate surface area is 88.2 Å². The summed E-state index contributed by atoms with van der Waals surface area (Å²) in [6.45, 7) is 3.74. The predicted molar refractivity (Wildman–Crippen MR) is 54.0 cm³/mol. The molecule has 0 fully saturated rings. The van der Waals surface area contributed by atoms with Crippen LogP contribution in [0, 0.1) is 0 Å². The first-order valence-electron chi connectivity index (χ1n) is 4.79. The van der Waals surface area contributed by atoms with Gasteiger partial charge in [0.1, 0.15) is 5.60 Å². The second-order valence-corrected chi connectivity index (χ2v) is 4.17. The molecule has 0 amide bonds. The van der Waals surface area contributed by atoms with Crippen LogP contribution in [0.5, 0.6) is 5.88 Å². The van der Waals surface area contributed by atoms with Crippen molar-refractivity contribution in [3.05, 3.63) is 23.4 Å². The van der Waals surface area contributed by atoms with E-state index in [0.29, 0.717) is 17.9 Å². The van der Waals surface area contributed by atoms with Crippen LogP contribution >= 0.6 is 0 Å². The van der Waals surface area contributed by atoms with Gasteiger partial charge in [-0.2, -0.15) is 0 Å². The molecule has 0 unspecified atom stereocenters. The largest absolute Gasteiger partial charge is 0.481 e. The van der Waals surface area contributed by atoms with Gasteiger partial charge in [0.25, 0.3) is 0 Å². The average Bonchev–Trinajstić information content (AvgIpc) is 2.14. The van der Waals surface area contributed by atoms with Gasteiger partial charge in [0, 0.05) is 12.5 Å². The zero-order valence-corrected chi connectivity index (χ0v) is 9.03. The van der Waals surface area contributed by atoms with Gasteiger partial charge in [0.2, 0.25) is 5.88 Å². The molecule has 0 saturated heterocycles. The molecule has 0 radical (unpaired) electrons. The second-order valence-electron chi connectivity index (χ2n) is 4.17. The maximum atomic E-state index is 11.6. The second kappa shape index (κ2) is 3.22. The number of hydrogen-bond donors (Lipinski definition) is 0. The van der Waals surface area contributed by atoms with Gasteiger partial charge in [-0.25, -0.2) is 9.78 Å². The highest BCUT2D eigenvalue weighted by molar-refractivity contribution is 5.92. The Balaban J connectivity index is 2.46. The number of fused-ring (bicyclic) bond motifs is 1. The minimum Gasteiger partial charge on any atom is -0.481 e. The minimum atomic E-state index is -0.483. The monoisotopic (exact) mass is 207 g/mol. The number of carbonyl (C=O) groups is 1. The summed E-state index contributed by atoms with van der Waals surface area (Å²) in [4.78, 5) is 15.9. The number of pyridine rings is 1. The molecule has 2 rings (SSSR count). The lowest BCUT2D eigenvalue weighted by Gasteiger charge is -2.30. The Morgan fingerprint density at radius 1 is 1.47 bits per heavy atom. The maximum Gasteiger partial charge on any atom is 0.340 e. The molecule has 0 aromatic carbocycles. The van der Waals surface area contributed by atoms with Crippen molar-refractivity contribution in [3.8, 4) is 5.88 Å². The molecule has 0 aliphatic carbocycles. The number of rotatable bonds is 1. The van der Waals surface area contributed by atoms with E-state index in [4.69, 9.17) is 9.47 Å². The Kier molecular flexibility index (Phi) is 2.14. The molecule has 1 aliphatic heterocycles. The molecule has 0 N–H and O–H groups in total. The maximum absolute atomic E-state index is 11.6. The van der Waals surface area contributed by atoms with E-state index >= 15 is 0 Å². The van der Waals surface area contributed by atoms with E-state index in [0.717, 1.165) is 5.69 Å². The Bertz CT molecular complexity index is 412. The fraction of sp³-hybridized carbons (Fsp3) is 0.455. The minimum absolute atomic E-state index is 0.309. The fourth-order valence-electron chi connectivity index (χ4n) is 1.66. The molecule has 4 heteroatoms. The first kappa shape index (κ1) is 9.96. The van der Waals surface area contributed by atoms with Crippen LogP contribution in [0.2, 0.25) is 0 Å². The lowest BCUT2D eigenvalue weighted by molar-refractivity contribution is -0.00724. The van der Waals surface area contributed by atoms with Crippen molar-refractivity contribution in [2.45, 2.75) is 25.9 Å². The van der Waals surface area contributed by atoms with E-state index in [-0.39, 0.29) is 5.97 Å². The number of cyclic esters (lactones) is 1. The molecule has 4 nitrogen and oxygen atoms in total. The van der Waals surface area contributed by atoms with Crippen LogP contribution in [-0.4, -0.2) is 23.7 Å². The summed E-state index contributed by atoms with van der Waals surface area (Å²) < 4.78 is 10.3. The summed E-state index contributed by atoms with van der Waals surface area (Å²) in [5, 5.41) is 0. The van der Waals surface area contributed by atoms with Crippen molar-refractivity contribution in [1.29, 1.82) is 0 Å². The number of ether oxygens (including phenoxy) is 2. The van der Waals surface area contributed by atoms with Crippen molar-refractivity contribution in [2.75, 3.05) is 7.11 Å². The number of aromatic nitrogens is 1. The molecule has 2 heterocycles. The molecule has 0 atom stereocenters. The average molecular weight is 207 g/mol. The molecule has 80 valence electrons. The lowest BCUT2D eigenvalue weighted by atomic mass is 9.96. The zero-order chi connectivity index (χ0) is 11.1. The van der Waals surface area contributed by atoms with Gasteiger partial charge in [-0.05, 0) is 19.9 Å². The van der Waals surface area contributed by atoms with Crippen LogP contribution in [0.3, 0.4) is 0 Å². The number of carbonyl (C=O) groups excluding carboxylic acids is 1. The van der Waals surface area contributed by atoms with Crippen LogP contribution in [0.4, 0.5) is 0 Å².